The molecule has 0 aliphatic heterocycles. The molecule has 1 saturated carbocycles. The second-order valence-electron chi connectivity index (χ2n) is 6.59. The Morgan fingerprint density at radius 3 is 2.71 bits per heavy atom. The lowest BCUT2D eigenvalue weighted by molar-refractivity contribution is -0.120. The molecule has 2 N–H and O–H groups in total. The van der Waals surface area contributed by atoms with E-state index in [9.17, 15) is 9.90 Å². The van der Waals surface area contributed by atoms with Crippen LogP contribution in [0.2, 0.25) is 0 Å². The smallest absolute Gasteiger partial charge is 0.227 e. The zero-order chi connectivity index (χ0) is 15.5. The molecule has 1 heterocycles. The van der Waals surface area contributed by atoms with Gasteiger partial charge in [-0.25, -0.2) is 0 Å². The fraction of sp³-hybridized carbons (Fsp3) is 0.750. The van der Waals surface area contributed by atoms with Gasteiger partial charge in [-0.3, -0.25) is 9.48 Å². The number of aliphatic hydroxyl groups is 1. The van der Waals surface area contributed by atoms with Crippen LogP contribution in [0.25, 0.3) is 0 Å². The molecule has 1 aromatic rings. The Hall–Kier alpha value is -1.36. The maximum atomic E-state index is 12.2. The van der Waals surface area contributed by atoms with Crippen LogP contribution in [0.15, 0.2) is 6.20 Å². The quantitative estimate of drug-likeness (QED) is 0.847. The number of rotatable bonds is 6. The number of anilines is 1. The van der Waals surface area contributed by atoms with Gasteiger partial charge in [0.15, 0.2) is 0 Å². The number of amides is 1. The van der Waals surface area contributed by atoms with Gasteiger partial charge in [0.2, 0.25) is 5.91 Å². The molecular formula is C16H27N3O2. The van der Waals surface area contributed by atoms with E-state index in [-0.39, 0.29) is 12.3 Å². The summed E-state index contributed by atoms with van der Waals surface area (Å²) in [7, 11) is 0. The molecule has 0 bridgehead atoms. The van der Waals surface area contributed by atoms with Gasteiger partial charge in [-0.15, -0.1) is 0 Å². The summed E-state index contributed by atoms with van der Waals surface area (Å²) in [5.74, 6) is 0.399. The fourth-order valence-electron chi connectivity index (χ4n) is 3.09. The van der Waals surface area contributed by atoms with Gasteiger partial charge in [0.25, 0.3) is 0 Å². The van der Waals surface area contributed by atoms with E-state index in [1.165, 1.54) is 0 Å². The number of aromatic nitrogens is 2. The Kier molecular flexibility index (Phi) is 5.04. The molecule has 2 rings (SSSR count). The number of carbonyl (C=O) groups is 1. The van der Waals surface area contributed by atoms with Crippen molar-refractivity contribution in [3.63, 3.8) is 0 Å². The summed E-state index contributed by atoms with van der Waals surface area (Å²) in [6, 6.07) is 0. The van der Waals surface area contributed by atoms with Crippen LogP contribution in [-0.4, -0.2) is 26.4 Å². The monoisotopic (exact) mass is 293 g/mol. The highest BCUT2D eigenvalue weighted by molar-refractivity contribution is 5.91. The first-order valence-corrected chi connectivity index (χ1v) is 8.00. The van der Waals surface area contributed by atoms with Gasteiger partial charge in [0.1, 0.15) is 0 Å². The molecule has 0 atom stereocenters. The fourth-order valence-corrected chi connectivity index (χ4v) is 3.09. The Balaban J connectivity index is 2.01. The van der Waals surface area contributed by atoms with E-state index in [1.54, 1.807) is 6.20 Å². The van der Waals surface area contributed by atoms with Gasteiger partial charge in [0.05, 0.1) is 29.6 Å². The van der Waals surface area contributed by atoms with E-state index in [0.29, 0.717) is 5.92 Å². The van der Waals surface area contributed by atoms with Gasteiger partial charge >= 0.3 is 0 Å². The summed E-state index contributed by atoms with van der Waals surface area (Å²) in [4.78, 5) is 12.2. The largest absolute Gasteiger partial charge is 0.389 e. The van der Waals surface area contributed by atoms with Crippen molar-refractivity contribution in [2.75, 3.05) is 5.32 Å². The van der Waals surface area contributed by atoms with E-state index < -0.39 is 5.60 Å². The van der Waals surface area contributed by atoms with Crippen LogP contribution in [0.5, 0.6) is 0 Å². The van der Waals surface area contributed by atoms with Crippen LogP contribution in [-0.2, 0) is 17.8 Å². The highest BCUT2D eigenvalue weighted by atomic mass is 16.3. The number of carbonyl (C=O) groups excluding carboxylic acids is 1. The second-order valence-corrected chi connectivity index (χ2v) is 6.59. The van der Waals surface area contributed by atoms with Crippen LogP contribution in [0.4, 0.5) is 5.69 Å². The normalized spacial score (nSPS) is 17.4. The third-order valence-corrected chi connectivity index (χ3v) is 4.12. The average Bonchev–Trinajstić information content (AvgIpc) is 2.96. The Morgan fingerprint density at radius 1 is 1.48 bits per heavy atom. The molecule has 0 spiro atoms. The predicted octanol–water partition coefficient (Wildman–Crippen LogP) is 2.74. The van der Waals surface area contributed by atoms with E-state index in [0.717, 1.165) is 50.0 Å². The Morgan fingerprint density at radius 2 is 2.14 bits per heavy atom. The molecule has 0 aromatic carbocycles. The summed E-state index contributed by atoms with van der Waals surface area (Å²) >= 11 is 0. The molecule has 1 amide bonds. The molecule has 21 heavy (non-hydrogen) atoms. The number of nitrogens with one attached hydrogen (secondary N) is 1. The van der Waals surface area contributed by atoms with Crippen LogP contribution < -0.4 is 5.32 Å². The van der Waals surface area contributed by atoms with Crippen LogP contribution >= 0.6 is 0 Å². The van der Waals surface area contributed by atoms with E-state index in [2.05, 4.69) is 31.2 Å². The minimum atomic E-state index is -0.801. The number of hydrogen-bond donors (Lipinski definition) is 2. The third-order valence-electron chi connectivity index (χ3n) is 4.12. The van der Waals surface area contributed by atoms with E-state index in [1.807, 2.05) is 4.68 Å². The highest BCUT2D eigenvalue weighted by Crippen LogP contribution is 2.32. The molecule has 0 unspecified atom stereocenters. The molecule has 1 aliphatic rings. The standard InChI is InChI=1S/C16H27N3O2/c1-4-14-13(10-17-19(14)11-12(2)3)18-15(20)9-16(21)7-5-6-8-16/h10,12,21H,4-9,11H2,1-3H3,(H,18,20). The van der Waals surface area contributed by atoms with Gasteiger partial charge in [-0.2, -0.15) is 5.10 Å². The summed E-state index contributed by atoms with van der Waals surface area (Å²) < 4.78 is 1.96. The van der Waals surface area contributed by atoms with Crippen molar-refractivity contribution in [2.24, 2.45) is 5.92 Å². The first kappa shape index (κ1) is 16.0. The van der Waals surface area contributed by atoms with E-state index in [4.69, 9.17) is 0 Å². The first-order chi connectivity index (χ1) is 9.93. The first-order valence-electron chi connectivity index (χ1n) is 8.00. The minimum Gasteiger partial charge on any atom is -0.389 e. The average molecular weight is 293 g/mol. The zero-order valence-electron chi connectivity index (χ0n) is 13.4. The van der Waals surface area contributed by atoms with Crippen molar-refractivity contribution >= 4 is 11.6 Å². The minimum absolute atomic E-state index is 0.113. The zero-order valence-corrected chi connectivity index (χ0v) is 13.4. The van der Waals surface area contributed by atoms with Crippen molar-refractivity contribution in [2.45, 2.75) is 71.4 Å². The van der Waals surface area contributed by atoms with Crippen LogP contribution in [0.3, 0.4) is 0 Å². The molecule has 1 aliphatic carbocycles. The maximum absolute atomic E-state index is 12.2. The molecule has 1 aromatic heterocycles. The van der Waals surface area contributed by atoms with Crippen molar-refractivity contribution in [1.29, 1.82) is 0 Å². The van der Waals surface area contributed by atoms with Gasteiger partial charge in [0, 0.05) is 6.54 Å². The Labute approximate surface area is 126 Å². The lowest BCUT2D eigenvalue weighted by Gasteiger charge is -2.21. The molecule has 5 nitrogen and oxygen atoms in total. The number of nitrogens with zero attached hydrogens (tertiary/aromatic N) is 2. The van der Waals surface area contributed by atoms with Crippen LogP contribution in [0, 0.1) is 5.92 Å². The predicted molar refractivity (Wildman–Crippen MR) is 83.1 cm³/mol. The summed E-state index contributed by atoms with van der Waals surface area (Å²) in [6.45, 7) is 7.21. The summed E-state index contributed by atoms with van der Waals surface area (Å²) in [5, 5.41) is 17.6. The molecular weight excluding hydrogens is 266 g/mol. The highest BCUT2D eigenvalue weighted by Gasteiger charge is 2.33. The van der Waals surface area contributed by atoms with Crippen molar-refractivity contribution in [3.8, 4) is 0 Å². The Bertz CT molecular complexity index is 488. The summed E-state index contributed by atoms with van der Waals surface area (Å²) in [5.41, 5.74) is 1.03. The molecule has 1 fully saturated rings. The second kappa shape index (κ2) is 6.60. The van der Waals surface area contributed by atoms with Gasteiger partial charge in [-0.1, -0.05) is 33.6 Å². The molecule has 0 radical (unpaired) electrons. The summed E-state index contributed by atoms with van der Waals surface area (Å²) in [6.07, 6.45) is 6.21. The van der Waals surface area contributed by atoms with Gasteiger partial charge in [-0.05, 0) is 25.2 Å². The lowest BCUT2D eigenvalue weighted by Crippen LogP contribution is -2.30. The van der Waals surface area contributed by atoms with Gasteiger partial charge < -0.3 is 10.4 Å². The van der Waals surface area contributed by atoms with Crippen molar-refractivity contribution < 1.29 is 9.90 Å². The molecule has 0 saturated heterocycles. The van der Waals surface area contributed by atoms with Crippen LogP contribution in [0.1, 0.15) is 58.6 Å². The topological polar surface area (TPSA) is 67.2 Å². The number of hydrogen-bond acceptors (Lipinski definition) is 3. The van der Waals surface area contributed by atoms with Crippen molar-refractivity contribution in [1.82, 2.24) is 9.78 Å². The van der Waals surface area contributed by atoms with Crippen molar-refractivity contribution in [3.05, 3.63) is 11.9 Å². The molecule has 5 heteroatoms. The third kappa shape index (κ3) is 4.06. The maximum Gasteiger partial charge on any atom is 0.227 e. The van der Waals surface area contributed by atoms with E-state index >= 15 is 0 Å². The lowest BCUT2D eigenvalue weighted by atomic mass is 9.97. The molecule has 118 valence electrons. The SMILES string of the molecule is CCc1c(NC(=O)CC2(O)CCCC2)cnn1CC(C)C.